The molecule has 0 bridgehead atoms. The van der Waals surface area contributed by atoms with Gasteiger partial charge in [-0.05, 0) is 29.3 Å². The lowest BCUT2D eigenvalue weighted by Crippen LogP contribution is -2.13. The Morgan fingerprint density at radius 3 is 2.71 bits per heavy atom. The standard InChI is InChI=1S/C17H16N2O2/c18-17(20)8-13-10-19-16-7-6-14(9-15(13)16)21-11-12-4-2-1-3-5-12/h1-7,9-10,19H,8,11H2,(H2,18,20). The van der Waals surface area contributed by atoms with Gasteiger partial charge in [0.15, 0.2) is 0 Å². The van der Waals surface area contributed by atoms with Crippen molar-refractivity contribution in [3.05, 3.63) is 65.9 Å². The first-order valence-corrected chi connectivity index (χ1v) is 6.77. The van der Waals surface area contributed by atoms with Crippen LogP contribution in [0.5, 0.6) is 5.75 Å². The van der Waals surface area contributed by atoms with E-state index in [2.05, 4.69) is 4.98 Å². The number of rotatable bonds is 5. The molecule has 0 radical (unpaired) electrons. The van der Waals surface area contributed by atoms with Crippen molar-refractivity contribution in [1.82, 2.24) is 4.98 Å². The average molecular weight is 280 g/mol. The zero-order valence-electron chi connectivity index (χ0n) is 11.5. The van der Waals surface area contributed by atoms with Gasteiger partial charge in [-0.25, -0.2) is 0 Å². The normalized spacial score (nSPS) is 10.7. The summed E-state index contributed by atoms with van der Waals surface area (Å²) in [7, 11) is 0. The Kier molecular flexibility index (Phi) is 3.60. The number of hydrogen-bond acceptors (Lipinski definition) is 2. The van der Waals surface area contributed by atoms with E-state index in [0.29, 0.717) is 6.61 Å². The number of carbonyl (C=O) groups is 1. The fourth-order valence-electron chi connectivity index (χ4n) is 2.32. The zero-order chi connectivity index (χ0) is 14.7. The third-order valence-corrected chi connectivity index (χ3v) is 3.35. The Morgan fingerprint density at radius 2 is 1.95 bits per heavy atom. The molecule has 0 aliphatic heterocycles. The van der Waals surface area contributed by atoms with E-state index in [4.69, 9.17) is 10.5 Å². The summed E-state index contributed by atoms with van der Waals surface area (Å²) in [6.45, 7) is 0.516. The van der Waals surface area contributed by atoms with E-state index in [-0.39, 0.29) is 12.3 Å². The third-order valence-electron chi connectivity index (χ3n) is 3.35. The molecule has 0 aliphatic rings. The van der Waals surface area contributed by atoms with Crippen LogP contribution in [0.2, 0.25) is 0 Å². The van der Waals surface area contributed by atoms with Crippen LogP contribution in [0, 0.1) is 0 Å². The van der Waals surface area contributed by atoms with Gasteiger partial charge >= 0.3 is 0 Å². The van der Waals surface area contributed by atoms with E-state index in [1.54, 1.807) is 0 Å². The van der Waals surface area contributed by atoms with Gasteiger partial charge in [-0.15, -0.1) is 0 Å². The zero-order valence-corrected chi connectivity index (χ0v) is 11.5. The highest BCUT2D eigenvalue weighted by Crippen LogP contribution is 2.24. The number of amides is 1. The molecule has 4 heteroatoms. The molecule has 3 N–H and O–H groups in total. The van der Waals surface area contributed by atoms with E-state index in [1.807, 2.05) is 54.7 Å². The average Bonchev–Trinajstić information content (AvgIpc) is 2.88. The quantitative estimate of drug-likeness (QED) is 0.754. The number of fused-ring (bicyclic) bond motifs is 1. The van der Waals surface area contributed by atoms with Gasteiger partial charge in [-0.2, -0.15) is 0 Å². The molecule has 0 saturated carbocycles. The lowest BCUT2D eigenvalue weighted by Gasteiger charge is -2.07. The Balaban J connectivity index is 1.81. The van der Waals surface area contributed by atoms with Gasteiger partial charge in [0.25, 0.3) is 0 Å². The van der Waals surface area contributed by atoms with Gasteiger partial charge < -0.3 is 15.5 Å². The summed E-state index contributed by atoms with van der Waals surface area (Å²) in [6, 6.07) is 15.8. The van der Waals surface area contributed by atoms with Crippen molar-refractivity contribution in [2.75, 3.05) is 0 Å². The minimum absolute atomic E-state index is 0.224. The monoisotopic (exact) mass is 280 g/mol. The first-order chi connectivity index (χ1) is 10.2. The molecule has 3 rings (SSSR count). The number of aromatic nitrogens is 1. The molecule has 1 amide bonds. The first kappa shape index (κ1) is 13.2. The van der Waals surface area contributed by atoms with Crippen LogP contribution in [0.15, 0.2) is 54.7 Å². The molecule has 0 saturated heterocycles. The molecule has 3 aromatic rings. The van der Waals surface area contributed by atoms with Gasteiger partial charge in [-0.3, -0.25) is 4.79 Å². The number of aromatic amines is 1. The van der Waals surface area contributed by atoms with Crippen LogP contribution in [0.25, 0.3) is 10.9 Å². The van der Waals surface area contributed by atoms with Crippen LogP contribution in [0.4, 0.5) is 0 Å². The number of primary amides is 1. The number of H-pyrrole nitrogens is 1. The fraction of sp³-hybridized carbons (Fsp3) is 0.118. The molecule has 2 aromatic carbocycles. The highest BCUT2D eigenvalue weighted by molar-refractivity contribution is 5.89. The smallest absolute Gasteiger partial charge is 0.221 e. The fourth-order valence-corrected chi connectivity index (χ4v) is 2.32. The predicted octanol–water partition coefficient (Wildman–Crippen LogP) is 2.77. The molecular formula is C17H16N2O2. The number of nitrogens with two attached hydrogens (primary N) is 1. The Bertz CT molecular complexity index is 763. The summed E-state index contributed by atoms with van der Waals surface area (Å²) in [6.07, 6.45) is 2.04. The van der Waals surface area contributed by atoms with Crippen molar-refractivity contribution in [3.63, 3.8) is 0 Å². The number of benzene rings is 2. The summed E-state index contributed by atoms with van der Waals surface area (Å²) >= 11 is 0. The predicted molar refractivity (Wildman–Crippen MR) is 82.0 cm³/mol. The van der Waals surface area contributed by atoms with Gasteiger partial charge in [-0.1, -0.05) is 30.3 Å². The molecule has 0 fully saturated rings. The van der Waals surface area contributed by atoms with Gasteiger partial charge in [0.2, 0.25) is 5.91 Å². The van der Waals surface area contributed by atoms with E-state index >= 15 is 0 Å². The van der Waals surface area contributed by atoms with Crippen LogP contribution < -0.4 is 10.5 Å². The lowest BCUT2D eigenvalue weighted by molar-refractivity contribution is -0.117. The Morgan fingerprint density at radius 1 is 1.14 bits per heavy atom. The van der Waals surface area contributed by atoms with Crippen LogP contribution in [0.3, 0.4) is 0 Å². The van der Waals surface area contributed by atoms with Crippen molar-refractivity contribution in [2.45, 2.75) is 13.0 Å². The number of carbonyl (C=O) groups excluding carboxylic acids is 1. The second kappa shape index (κ2) is 5.71. The number of hydrogen-bond donors (Lipinski definition) is 2. The molecular weight excluding hydrogens is 264 g/mol. The maximum atomic E-state index is 11.1. The highest BCUT2D eigenvalue weighted by atomic mass is 16.5. The Labute approximate surface area is 122 Å². The maximum Gasteiger partial charge on any atom is 0.221 e. The molecule has 1 heterocycles. The molecule has 0 unspecified atom stereocenters. The largest absolute Gasteiger partial charge is 0.489 e. The van der Waals surface area contributed by atoms with E-state index < -0.39 is 0 Å². The topological polar surface area (TPSA) is 68.1 Å². The lowest BCUT2D eigenvalue weighted by atomic mass is 10.1. The summed E-state index contributed by atoms with van der Waals surface area (Å²) in [5, 5.41) is 0.972. The second-order valence-electron chi connectivity index (χ2n) is 4.94. The summed E-state index contributed by atoms with van der Waals surface area (Å²) in [4.78, 5) is 14.2. The highest BCUT2D eigenvalue weighted by Gasteiger charge is 2.07. The van der Waals surface area contributed by atoms with Crippen LogP contribution in [-0.2, 0) is 17.8 Å². The van der Waals surface area contributed by atoms with Crippen molar-refractivity contribution in [1.29, 1.82) is 0 Å². The summed E-state index contributed by atoms with van der Waals surface area (Å²) < 4.78 is 5.80. The second-order valence-corrected chi connectivity index (χ2v) is 4.94. The van der Waals surface area contributed by atoms with Crippen LogP contribution >= 0.6 is 0 Å². The Hall–Kier alpha value is -2.75. The molecule has 106 valence electrons. The van der Waals surface area contributed by atoms with E-state index in [0.717, 1.165) is 27.8 Å². The van der Waals surface area contributed by atoms with Crippen molar-refractivity contribution < 1.29 is 9.53 Å². The summed E-state index contributed by atoms with van der Waals surface area (Å²) in [5.74, 6) is 0.434. The number of ether oxygens (including phenoxy) is 1. The molecule has 21 heavy (non-hydrogen) atoms. The molecule has 0 aliphatic carbocycles. The van der Waals surface area contributed by atoms with Gasteiger partial charge in [0.1, 0.15) is 12.4 Å². The van der Waals surface area contributed by atoms with Crippen molar-refractivity contribution in [3.8, 4) is 5.75 Å². The van der Waals surface area contributed by atoms with E-state index in [9.17, 15) is 4.79 Å². The van der Waals surface area contributed by atoms with Crippen LogP contribution in [-0.4, -0.2) is 10.9 Å². The van der Waals surface area contributed by atoms with Crippen molar-refractivity contribution in [2.24, 2.45) is 5.73 Å². The first-order valence-electron chi connectivity index (χ1n) is 6.77. The van der Waals surface area contributed by atoms with Gasteiger partial charge in [0.05, 0.1) is 6.42 Å². The molecule has 0 atom stereocenters. The van der Waals surface area contributed by atoms with Crippen LogP contribution in [0.1, 0.15) is 11.1 Å². The minimum Gasteiger partial charge on any atom is -0.489 e. The molecule has 0 spiro atoms. The SMILES string of the molecule is NC(=O)Cc1c[nH]c2ccc(OCc3ccccc3)cc12. The van der Waals surface area contributed by atoms with Gasteiger partial charge in [0, 0.05) is 17.1 Å². The third kappa shape index (κ3) is 3.05. The molecule has 4 nitrogen and oxygen atoms in total. The van der Waals surface area contributed by atoms with Crippen molar-refractivity contribution >= 4 is 16.8 Å². The minimum atomic E-state index is -0.341. The van der Waals surface area contributed by atoms with E-state index in [1.165, 1.54) is 0 Å². The number of nitrogens with one attached hydrogen (secondary N) is 1. The summed E-state index contributed by atoms with van der Waals surface area (Å²) in [5.41, 5.74) is 8.24. The maximum absolute atomic E-state index is 11.1. The molecule has 1 aromatic heterocycles.